The molecule has 0 bridgehead atoms. The van der Waals surface area contributed by atoms with E-state index in [0.29, 0.717) is 16.5 Å². The molecule has 2 heterocycles. The van der Waals surface area contributed by atoms with Gasteiger partial charge in [-0.05, 0) is 30.7 Å². The number of rotatable bonds is 7. The zero-order valence-electron chi connectivity index (χ0n) is 17.8. The van der Waals surface area contributed by atoms with Gasteiger partial charge in [0.15, 0.2) is 16.8 Å². The van der Waals surface area contributed by atoms with Gasteiger partial charge in [-0.3, -0.25) is 18.7 Å². The lowest BCUT2D eigenvalue weighted by Gasteiger charge is -2.13. The normalized spacial score (nSPS) is 11.2. The highest BCUT2D eigenvalue weighted by molar-refractivity contribution is 7.99. The molecule has 0 atom stereocenters. The Morgan fingerprint density at radius 3 is 2.48 bits per heavy atom. The number of hydrogen-bond acceptors (Lipinski definition) is 6. The van der Waals surface area contributed by atoms with E-state index in [1.807, 2.05) is 90.4 Å². The molecule has 3 aromatic carbocycles. The van der Waals surface area contributed by atoms with Gasteiger partial charge in [0.25, 0.3) is 0 Å². The molecular weight excluding hydrogens is 452 g/mol. The second kappa shape index (κ2) is 9.17. The molecule has 33 heavy (non-hydrogen) atoms. The van der Waals surface area contributed by atoms with Crippen LogP contribution in [0.3, 0.4) is 0 Å². The van der Waals surface area contributed by atoms with Gasteiger partial charge in [-0.1, -0.05) is 83.8 Å². The minimum Gasteiger partial charge on any atom is -0.293 e. The molecule has 0 aliphatic carbocycles. The van der Waals surface area contributed by atoms with Crippen LogP contribution in [0.2, 0.25) is 0 Å². The first-order chi connectivity index (χ1) is 16.1. The largest absolute Gasteiger partial charge is 0.308 e. The van der Waals surface area contributed by atoms with E-state index in [9.17, 15) is 9.59 Å². The molecule has 0 aliphatic heterocycles. The summed E-state index contributed by atoms with van der Waals surface area (Å²) in [6.07, 6.45) is 0. The summed E-state index contributed by atoms with van der Waals surface area (Å²) in [5.74, 6) is 0.918. The van der Waals surface area contributed by atoms with E-state index < -0.39 is 0 Å². The molecule has 2 aromatic heterocycles. The SMILES string of the molecule is Cc1ccccc1-n1c(Cn2c(=O)sc3ccccc32)nnc1SCC(=O)c1ccccc1. The smallest absolute Gasteiger partial charge is 0.293 e. The Labute approximate surface area is 198 Å². The fourth-order valence-corrected chi connectivity index (χ4v) is 5.44. The Balaban J connectivity index is 1.53. The summed E-state index contributed by atoms with van der Waals surface area (Å²) in [7, 11) is 0. The van der Waals surface area contributed by atoms with Crippen LogP contribution in [0.5, 0.6) is 0 Å². The fraction of sp³-hybridized carbons (Fsp3) is 0.120. The lowest BCUT2D eigenvalue weighted by atomic mass is 10.2. The first-order valence-electron chi connectivity index (χ1n) is 10.4. The number of para-hydroxylation sites is 2. The Morgan fingerprint density at radius 2 is 1.67 bits per heavy atom. The maximum absolute atomic E-state index is 12.7. The molecule has 0 amide bonds. The molecule has 6 nitrogen and oxygen atoms in total. The monoisotopic (exact) mass is 472 g/mol. The predicted octanol–water partition coefficient (Wildman–Crippen LogP) is 4.98. The third-order valence-electron chi connectivity index (χ3n) is 5.36. The van der Waals surface area contributed by atoms with Gasteiger partial charge in [0.2, 0.25) is 0 Å². The first kappa shape index (κ1) is 21.4. The molecule has 8 heteroatoms. The third-order valence-corrected chi connectivity index (χ3v) is 7.25. The summed E-state index contributed by atoms with van der Waals surface area (Å²) in [6.45, 7) is 2.31. The predicted molar refractivity (Wildman–Crippen MR) is 133 cm³/mol. The second-order valence-corrected chi connectivity index (χ2v) is 9.46. The molecular formula is C25H20N4O2S2. The number of thiazole rings is 1. The number of fused-ring (bicyclic) bond motifs is 1. The summed E-state index contributed by atoms with van der Waals surface area (Å²) in [4.78, 5) is 25.3. The number of carbonyl (C=O) groups excluding carboxylic acids is 1. The molecule has 0 fully saturated rings. The number of ketones is 1. The van der Waals surface area contributed by atoms with Crippen molar-refractivity contribution in [3.8, 4) is 5.69 Å². The van der Waals surface area contributed by atoms with Crippen LogP contribution in [0, 0.1) is 6.92 Å². The number of aryl methyl sites for hydroxylation is 1. The van der Waals surface area contributed by atoms with Crippen LogP contribution in [0.15, 0.2) is 88.8 Å². The molecule has 5 aromatic rings. The van der Waals surface area contributed by atoms with Crippen LogP contribution in [-0.2, 0) is 6.54 Å². The van der Waals surface area contributed by atoms with Crippen LogP contribution in [0.4, 0.5) is 0 Å². The minimum atomic E-state index is -0.0380. The van der Waals surface area contributed by atoms with Crippen molar-refractivity contribution >= 4 is 39.1 Å². The van der Waals surface area contributed by atoms with Crippen LogP contribution >= 0.6 is 23.1 Å². The van der Waals surface area contributed by atoms with E-state index in [-0.39, 0.29) is 23.0 Å². The van der Waals surface area contributed by atoms with Crippen molar-refractivity contribution in [2.45, 2.75) is 18.6 Å². The van der Waals surface area contributed by atoms with Crippen molar-refractivity contribution in [3.63, 3.8) is 0 Å². The zero-order valence-corrected chi connectivity index (χ0v) is 19.5. The lowest BCUT2D eigenvalue weighted by molar-refractivity contribution is 0.102. The summed E-state index contributed by atoms with van der Waals surface area (Å²) >= 11 is 2.57. The molecule has 164 valence electrons. The average molecular weight is 473 g/mol. The van der Waals surface area contributed by atoms with Crippen LogP contribution in [0.1, 0.15) is 21.7 Å². The van der Waals surface area contributed by atoms with E-state index in [1.165, 1.54) is 23.1 Å². The summed E-state index contributed by atoms with van der Waals surface area (Å²) < 4.78 is 4.62. The quantitative estimate of drug-likeness (QED) is 0.247. The van der Waals surface area contributed by atoms with Gasteiger partial charge in [0, 0.05) is 5.56 Å². The number of aromatic nitrogens is 4. The van der Waals surface area contributed by atoms with E-state index in [0.717, 1.165) is 21.5 Å². The number of nitrogens with zero attached hydrogens (tertiary/aromatic N) is 4. The molecule has 0 N–H and O–H groups in total. The molecule has 0 saturated heterocycles. The van der Waals surface area contributed by atoms with Gasteiger partial charge in [0.1, 0.15) is 0 Å². The maximum Gasteiger partial charge on any atom is 0.308 e. The van der Waals surface area contributed by atoms with Gasteiger partial charge in [0.05, 0.1) is 28.2 Å². The topological polar surface area (TPSA) is 69.8 Å². The van der Waals surface area contributed by atoms with E-state index >= 15 is 0 Å². The molecule has 0 radical (unpaired) electrons. The van der Waals surface area contributed by atoms with E-state index in [2.05, 4.69) is 10.2 Å². The van der Waals surface area contributed by atoms with Gasteiger partial charge in [-0.15, -0.1) is 10.2 Å². The Bertz CT molecular complexity index is 1500. The molecule has 0 saturated carbocycles. The molecule has 0 aliphatic rings. The van der Waals surface area contributed by atoms with Crippen molar-refractivity contribution < 1.29 is 4.79 Å². The van der Waals surface area contributed by atoms with Gasteiger partial charge >= 0.3 is 4.87 Å². The first-order valence-corrected chi connectivity index (χ1v) is 12.2. The molecule has 0 spiro atoms. The maximum atomic E-state index is 12.7. The summed E-state index contributed by atoms with van der Waals surface area (Å²) in [6, 6.07) is 24.9. The number of hydrogen-bond donors (Lipinski definition) is 0. The van der Waals surface area contributed by atoms with Gasteiger partial charge in [-0.25, -0.2) is 0 Å². The van der Waals surface area contributed by atoms with E-state index in [1.54, 1.807) is 4.57 Å². The lowest BCUT2D eigenvalue weighted by Crippen LogP contribution is -2.17. The Hall–Kier alpha value is -3.49. The van der Waals surface area contributed by atoms with E-state index in [4.69, 9.17) is 0 Å². The van der Waals surface area contributed by atoms with Crippen molar-refractivity contribution in [2.75, 3.05) is 5.75 Å². The van der Waals surface area contributed by atoms with Crippen molar-refractivity contribution in [1.29, 1.82) is 0 Å². The molecule has 5 rings (SSSR count). The van der Waals surface area contributed by atoms with Gasteiger partial charge in [-0.2, -0.15) is 0 Å². The molecule has 0 unspecified atom stereocenters. The van der Waals surface area contributed by atoms with Crippen molar-refractivity contribution in [1.82, 2.24) is 19.3 Å². The third kappa shape index (κ3) is 4.27. The highest BCUT2D eigenvalue weighted by Crippen LogP contribution is 2.26. The Kier molecular flexibility index (Phi) is 5.93. The summed E-state index contributed by atoms with van der Waals surface area (Å²) in [5.41, 5.74) is 3.53. The van der Waals surface area contributed by atoms with Crippen molar-refractivity contribution in [2.24, 2.45) is 0 Å². The number of carbonyl (C=O) groups is 1. The van der Waals surface area contributed by atoms with Gasteiger partial charge < -0.3 is 0 Å². The number of thioether (sulfide) groups is 1. The minimum absolute atomic E-state index is 0.0292. The zero-order chi connectivity index (χ0) is 22.8. The highest BCUT2D eigenvalue weighted by atomic mass is 32.2. The van der Waals surface area contributed by atoms with Crippen molar-refractivity contribution in [3.05, 3.63) is 105 Å². The summed E-state index contributed by atoms with van der Waals surface area (Å²) in [5, 5.41) is 9.46. The average Bonchev–Trinajstić information content (AvgIpc) is 3.39. The second-order valence-electron chi connectivity index (χ2n) is 7.52. The highest BCUT2D eigenvalue weighted by Gasteiger charge is 2.19. The van der Waals surface area contributed by atoms with Crippen LogP contribution in [-0.4, -0.2) is 30.9 Å². The van der Waals surface area contributed by atoms with Crippen LogP contribution in [0.25, 0.3) is 15.9 Å². The fourth-order valence-electron chi connectivity index (χ4n) is 3.70. The number of Topliss-reactive ketones (excluding diaryl/α,β-unsaturated/α-hetero) is 1. The van der Waals surface area contributed by atoms with Crippen LogP contribution < -0.4 is 4.87 Å². The standard InChI is InChI=1S/C25H20N4O2S2/c1-17-9-5-6-12-19(17)29-23(15-28-20-13-7-8-14-22(20)33-25(28)31)26-27-24(29)32-16-21(30)18-10-3-2-4-11-18/h2-14H,15-16H2,1H3. The Morgan fingerprint density at radius 1 is 0.939 bits per heavy atom. The number of benzene rings is 3.